The molecule has 1 aliphatic rings. The Morgan fingerprint density at radius 3 is 2.17 bits per heavy atom. The lowest BCUT2D eigenvalue weighted by Gasteiger charge is -2.34. The van der Waals surface area contributed by atoms with E-state index in [0.717, 1.165) is 10.9 Å². The number of nitrogens with one attached hydrogen (secondary N) is 2. The molecule has 0 saturated carbocycles. The summed E-state index contributed by atoms with van der Waals surface area (Å²) in [5.74, 6) is 2.27. The monoisotopic (exact) mass is 566 g/mol. The third-order valence-corrected chi connectivity index (χ3v) is 7.00. The summed E-state index contributed by atoms with van der Waals surface area (Å²) in [6.45, 7) is 6.79. The van der Waals surface area contributed by atoms with Crippen molar-refractivity contribution in [3.8, 4) is 17.2 Å². The van der Waals surface area contributed by atoms with Crippen LogP contribution in [0, 0.1) is 5.92 Å². The van der Waals surface area contributed by atoms with Crippen molar-refractivity contribution in [2.24, 2.45) is 5.92 Å². The number of piperazine rings is 1. The molecule has 4 rings (SSSR count). The largest absolute Gasteiger partial charge is 0.493 e. The molecule has 1 fully saturated rings. The fraction of sp³-hybridized carbons (Fsp3) is 0.448. The van der Waals surface area contributed by atoms with Crippen LogP contribution in [0.3, 0.4) is 0 Å². The van der Waals surface area contributed by atoms with Crippen LogP contribution in [-0.4, -0.2) is 92.4 Å². The first-order valence-corrected chi connectivity index (χ1v) is 13.5. The number of rotatable bonds is 10. The molecule has 220 valence electrons. The molecule has 1 saturated heterocycles. The van der Waals surface area contributed by atoms with E-state index in [4.69, 9.17) is 28.9 Å². The van der Waals surface area contributed by atoms with Gasteiger partial charge in [-0.1, -0.05) is 26.0 Å². The van der Waals surface area contributed by atoms with E-state index in [1.807, 2.05) is 38.1 Å². The van der Waals surface area contributed by atoms with Gasteiger partial charge in [-0.2, -0.15) is 0 Å². The normalized spacial score (nSPS) is 14.5. The zero-order chi connectivity index (χ0) is 29.5. The van der Waals surface area contributed by atoms with Gasteiger partial charge in [-0.05, 0) is 18.1 Å². The van der Waals surface area contributed by atoms with Crippen molar-refractivity contribution in [3.63, 3.8) is 0 Å². The Hall–Kier alpha value is -4.32. The molecular weight excluding hydrogens is 528 g/mol. The number of fused-ring (bicyclic) bond motifs is 1. The average molecular weight is 567 g/mol. The number of para-hydroxylation sites is 1. The Balaban J connectivity index is 1.43. The van der Waals surface area contributed by atoms with Gasteiger partial charge in [0.05, 0.1) is 46.2 Å². The van der Waals surface area contributed by atoms with Crippen molar-refractivity contribution >= 4 is 34.4 Å². The number of ether oxygens (including phenoxy) is 4. The number of hydrogen-bond donors (Lipinski definition) is 2. The molecule has 1 aliphatic heterocycles. The van der Waals surface area contributed by atoms with E-state index < -0.39 is 6.04 Å². The number of methoxy groups -OCH3 is 4. The summed E-state index contributed by atoms with van der Waals surface area (Å²) in [5, 5.41) is 7.05. The van der Waals surface area contributed by atoms with Crippen LogP contribution < -0.4 is 24.8 Å². The van der Waals surface area contributed by atoms with E-state index in [1.54, 1.807) is 17.0 Å². The molecule has 3 aromatic rings. The van der Waals surface area contributed by atoms with Crippen molar-refractivity contribution in [1.29, 1.82) is 0 Å². The molecule has 0 aliphatic carbocycles. The van der Waals surface area contributed by atoms with Crippen molar-refractivity contribution in [1.82, 2.24) is 19.8 Å². The average Bonchev–Trinajstić information content (AvgIpc) is 2.98. The predicted octanol–water partition coefficient (Wildman–Crippen LogP) is 3.61. The Kier molecular flexibility index (Phi) is 9.66. The summed E-state index contributed by atoms with van der Waals surface area (Å²) in [4.78, 5) is 39.0. The predicted molar refractivity (Wildman–Crippen MR) is 156 cm³/mol. The standard InChI is InChI=1S/C29H38N6O6/c1-18(2)25(28(36)41-6)33-27-20-9-7-8-10-21(20)31-24(32-27)17-34-11-13-35(14-12-34)29(37)30-19-15-22(38-3)26(40-5)23(16-19)39-4/h7-10,15-16,18,25H,11-14,17H2,1-6H3,(H,30,37)(H,31,32,33)/t25-/m0/s1. The van der Waals surface area contributed by atoms with E-state index in [2.05, 4.69) is 15.5 Å². The summed E-state index contributed by atoms with van der Waals surface area (Å²) < 4.78 is 21.1. The molecule has 2 N–H and O–H groups in total. The van der Waals surface area contributed by atoms with E-state index in [1.165, 1.54) is 28.4 Å². The zero-order valence-electron chi connectivity index (χ0n) is 24.4. The number of anilines is 2. The second-order valence-corrected chi connectivity index (χ2v) is 10.0. The van der Waals surface area contributed by atoms with Gasteiger partial charge in [-0.15, -0.1) is 0 Å². The number of benzene rings is 2. The van der Waals surface area contributed by atoms with Crippen molar-refractivity contribution in [2.75, 3.05) is 65.3 Å². The van der Waals surface area contributed by atoms with Crippen LogP contribution in [0.25, 0.3) is 10.9 Å². The Bertz CT molecular complexity index is 1350. The first kappa shape index (κ1) is 29.7. The Labute approximate surface area is 239 Å². The second kappa shape index (κ2) is 13.4. The fourth-order valence-electron chi connectivity index (χ4n) is 4.74. The minimum absolute atomic E-state index is 0.000981. The molecule has 0 spiro atoms. The maximum Gasteiger partial charge on any atom is 0.328 e. The number of amides is 2. The second-order valence-electron chi connectivity index (χ2n) is 10.0. The molecule has 0 radical (unpaired) electrons. The highest BCUT2D eigenvalue weighted by Gasteiger charge is 2.26. The molecule has 0 unspecified atom stereocenters. The SMILES string of the molecule is COC(=O)[C@@H](Nc1nc(CN2CCN(C(=O)Nc3cc(OC)c(OC)c(OC)c3)CC2)nc2ccccc12)C(C)C. The molecule has 2 heterocycles. The summed E-state index contributed by atoms with van der Waals surface area (Å²) in [6.07, 6.45) is 0. The number of urea groups is 1. The molecule has 1 aromatic heterocycles. The molecule has 12 heteroatoms. The van der Waals surface area contributed by atoms with Gasteiger partial charge in [-0.3, -0.25) is 4.90 Å². The van der Waals surface area contributed by atoms with Gasteiger partial charge in [0.1, 0.15) is 17.7 Å². The van der Waals surface area contributed by atoms with E-state index >= 15 is 0 Å². The number of carbonyl (C=O) groups is 2. The number of aromatic nitrogens is 2. The first-order chi connectivity index (χ1) is 19.8. The van der Waals surface area contributed by atoms with Crippen LogP contribution >= 0.6 is 0 Å². The van der Waals surface area contributed by atoms with E-state index in [0.29, 0.717) is 67.3 Å². The highest BCUT2D eigenvalue weighted by molar-refractivity contribution is 5.91. The van der Waals surface area contributed by atoms with Gasteiger partial charge in [-0.25, -0.2) is 19.6 Å². The third kappa shape index (κ3) is 6.88. The van der Waals surface area contributed by atoms with E-state index in [9.17, 15) is 9.59 Å². The van der Waals surface area contributed by atoms with Gasteiger partial charge in [0, 0.05) is 43.7 Å². The van der Waals surface area contributed by atoms with Crippen LogP contribution in [0.4, 0.5) is 16.3 Å². The summed E-state index contributed by atoms with van der Waals surface area (Å²) in [7, 11) is 5.97. The topological polar surface area (TPSA) is 127 Å². The number of carbonyl (C=O) groups excluding carboxylic acids is 2. The molecule has 2 amide bonds. The van der Waals surface area contributed by atoms with Gasteiger partial charge in [0.2, 0.25) is 5.75 Å². The summed E-state index contributed by atoms with van der Waals surface area (Å²) in [6, 6.07) is 10.3. The van der Waals surface area contributed by atoms with E-state index in [-0.39, 0.29) is 17.9 Å². The summed E-state index contributed by atoms with van der Waals surface area (Å²) >= 11 is 0. The molecule has 12 nitrogen and oxygen atoms in total. The Morgan fingerprint density at radius 1 is 0.927 bits per heavy atom. The fourth-order valence-corrected chi connectivity index (χ4v) is 4.74. The van der Waals surface area contributed by atoms with Crippen LogP contribution in [0.1, 0.15) is 19.7 Å². The maximum atomic E-state index is 13.0. The van der Waals surface area contributed by atoms with Crippen LogP contribution in [0.15, 0.2) is 36.4 Å². The third-order valence-electron chi connectivity index (χ3n) is 7.00. The minimum atomic E-state index is -0.543. The minimum Gasteiger partial charge on any atom is -0.493 e. The van der Waals surface area contributed by atoms with Crippen molar-refractivity contribution in [2.45, 2.75) is 26.4 Å². The van der Waals surface area contributed by atoms with Crippen molar-refractivity contribution in [3.05, 3.63) is 42.2 Å². The molecular formula is C29H38N6O6. The maximum absolute atomic E-state index is 13.0. The van der Waals surface area contributed by atoms with Crippen LogP contribution in [-0.2, 0) is 16.1 Å². The summed E-state index contributed by atoms with van der Waals surface area (Å²) in [5.41, 5.74) is 1.33. The van der Waals surface area contributed by atoms with Crippen LogP contribution in [0.5, 0.6) is 17.2 Å². The molecule has 41 heavy (non-hydrogen) atoms. The van der Waals surface area contributed by atoms with Gasteiger partial charge >= 0.3 is 12.0 Å². The van der Waals surface area contributed by atoms with Gasteiger partial charge in [0.15, 0.2) is 11.5 Å². The highest BCUT2D eigenvalue weighted by atomic mass is 16.5. The van der Waals surface area contributed by atoms with Gasteiger partial charge < -0.3 is 34.5 Å². The molecule has 2 aromatic carbocycles. The van der Waals surface area contributed by atoms with Gasteiger partial charge in [0.25, 0.3) is 0 Å². The molecule has 0 bridgehead atoms. The lowest BCUT2D eigenvalue weighted by molar-refractivity contribution is -0.142. The first-order valence-electron chi connectivity index (χ1n) is 13.5. The Morgan fingerprint density at radius 2 is 1.59 bits per heavy atom. The van der Waals surface area contributed by atoms with Crippen LogP contribution in [0.2, 0.25) is 0 Å². The quantitative estimate of drug-likeness (QED) is 0.351. The smallest absolute Gasteiger partial charge is 0.328 e. The zero-order valence-corrected chi connectivity index (χ0v) is 24.4. The number of hydrogen-bond acceptors (Lipinski definition) is 10. The lowest BCUT2D eigenvalue weighted by atomic mass is 10.0. The molecule has 1 atom stereocenters. The lowest BCUT2D eigenvalue weighted by Crippen LogP contribution is -2.49. The highest BCUT2D eigenvalue weighted by Crippen LogP contribution is 2.40. The van der Waals surface area contributed by atoms with Crippen molar-refractivity contribution < 1.29 is 28.5 Å². The number of nitrogens with zero attached hydrogens (tertiary/aromatic N) is 4. The number of esters is 1.